The van der Waals surface area contributed by atoms with Crippen LogP contribution in [-0.2, 0) is 9.59 Å². The molecular weight excluding hydrogens is 332 g/mol. The van der Waals surface area contributed by atoms with Gasteiger partial charge in [0.2, 0.25) is 5.91 Å². The van der Waals surface area contributed by atoms with Crippen LogP contribution in [0.1, 0.15) is 50.9 Å². The molecule has 0 radical (unpaired) electrons. The second-order valence-corrected chi connectivity index (χ2v) is 8.12. The van der Waals surface area contributed by atoms with Gasteiger partial charge in [0.25, 0.3) is 5.91 Å². The molecular formula is C20H28N2O4. The Morgan fingerprint density at radius 3 is 2.31 bits per heavy atom. The maximum absolute atomic E-state index is 13.0. The number of benzene rings is 1. The van der Waals surface area contributed by atoms with E-state index in [0.29, 0.717) is 36.2 Å². The molecule has 2 N–H and O–H groups in total. The van der Waals surface area contributed by atoms with Gasteiger partial charge >= 0.3 is 5.97 Å². The molecule has 1 saturated heterocycles. The fourth-order valence-electron chi connectivity index (χ4n) is 3.45. The Bertz CT molecular complexity index is 689. The van der Waals surface area contributed by atoms with Crippen LogP contribution in [-0.4, -0.2) is 40.9 Å². The van der Waals surface area contributed by atoms with Gasteiger partial charge in [0.1, 0.15) is 0 Å². The van der Waals surface area contributed by atoms with E-state index in [-0.39, 0.29) is 12.3 Å². The minimum absolute atomic E-state index is 0.100. The predicted octanol–water partition coefficient (Wildman–Crippen LogP) is 3.24. The van der Waals surface area contributed by atoms with Crippen LogP contribution in [0.2, 0.25) is 0 Å². The van der Waals surface area contributed by atoms with Gasteiger partial charge in [-0.1, -0.05) is 26.0 Å². The number of carboxylic acid groups (broad SMARTS) is 1. The highest BCUT2D eigenvalue weighted by atomic mass is 16.4. The van der Waals surface area contributed by atoms with Gasteiger partial charge in [-0.05, 0) is 44.2 Å². The maximum Gasteiger partial charge on any atom is 0.309 e. The number of carbonyl (C=O) groups is 3. The van der Waals surface area contributed by atoms with Crippen molar-refractivity contribution in [2.45, 2.75) is 40.5 Å². The summed E-state index contributed by atoms with van der Waals surface area (Å²) in [5, 5.41) is 11.9. The van der Waals surface area contributed by atoms with E-state index in [1.807, 2.05) is 4.90 Å². The topological polar surface area (TPSA) is 86.7 Å². The second kappa shape index (κ2) is 7.89. The average molecular weight is 360 g/mol. The van der Waals surface area contributed by atoms with Crippen molar-refractivity contribution in [1.29, 1.82) is 0 Å². The molecule has 1 aromatic rings. The summed E-state index contributed by atoms with van der Waals surface area (Å²) >= 11 is 0. The van der Waals surface area contributed by atoms with Gasteiger partial charge in [0, 0.05) is 19.5 Å². The summed E-state index contributed by atoms with van der Waals surface area (Å²) in [6.45, 7) is 8.69. The zero-order valence-corrected chi connectivity index (χ0v) is 15.9. The molecule has 6 heteroatoms. The number of piperidine rings is 1. The third kappa shape index (κ3) is 4.84. The minimum Gasteiger partial charge on any atom is -0.481 e. The standard InChI is InChI=1S/C20H28N2O4/c1-13-9-14(2)12-22(11-13)18(24)15-7-5-6-8-16(15)21-17(23)10-20(3,4)19(25)26/h5-8,13-14H,9-12H2,1-4H3,(H,21,23)(H,25,26)/t13-,14-/m1/s1. The van der Waals surface area contributed by atoms with Crippen molar-refractivity contribution in [2.24, 2.45) is 17.3 Å². The van der Waals surface area contributed by atoms with Crippen LogP contribution < -0.4 is 5.32 Å². The highest BCUT2D eigenvalue weighted by Gasteiger charge is 2.31. The molecule has 2 atom stereocenters. The lowest BCUT2D eigenvalue weighted by molar-refractivity contribution is -0.148. The molecule has 142 valence electrons. The third-order valence-electron chi connectivity index (χ3n) is 4.77. The number of likely N-dealkylation sites (tertiary alicyclic amines) is 1. The van der Waals surface area contributed by atoms with Crippen molar-refractivity contribution in [3.05, 3.63) is 29.8 Å². The van der Waals surface area contributed by atoms with E-state index in [4.69, 9.17) is 0 Å². The Balaban J connectivity index is 2.16. The number of hydrogen-bond acceptors (Lipinski definition) is 3. The SMILES string of the molecule is C[C@@H]1C[C@@H](C)CN(C(=O)c2ccccc2NC(=O)CC(C)(C)C(=O)O)C1. The molecule has 0 bridgehead atoms. The zero-order valence-electron chi connectivity index (χ0n) is 15.9. The average Bonchev–Trinajstić information content (AvgIpc) is 2.53. The molecule has 2 amide bonds. The Labute approximate surface area is 154 Å². The number of rotatable bonds is 5. The van der Waals surface area contributed by atoms with Gasteiger partial charge in [-0.25, -0.2) is 0 Å². The van der Waals surface area contributed by atoms with Gasteiger partial charge in [0.05, 0.1) is 16.7 Å². The molecule has 1 aromatic carbocycles. The third-order valence-corrected chi connectivity index (χ3v) is 4.77. The Morgan fingerprint density at radius 2 is 1.73 bits per heavy atom. The van der Waals surface area contributed by atoms with Gasteiger partial charge in [-0.3, -0.25) is 14.4 Å². The number of nitrogens with zero attached hydrogens (tertiary/aromatic N) is 1. The monoisotopic (exact) mass is 360 g/mol. The van der Waals surface area contributed by atoms with E-state index in [1.165, 1.54) is 13.8 Å². The van der Waals surface area contributed by atoms with E-state index in [0.717, 1.165) is 6.42 Å². The molecule has 26 heavy (non-hydrogen) atoms. The van der Waals surface area contributed by atoms with E-state index >= 15 is 0 Å². The number of anilines is 1. The van der Waals surface area contributed by atoms with E-state index < -0.39 is 17.3 Å². The number of aliphatic carboxylic acids is 1. The Kier molecular flexibility index (Phi) is 6.05. The van der Waals surface area contributed by atoms with Gasteiger partial charge in [-0.2, -0.15) is 0 Å². The number of carboxylic acids is 1. The largest absolute Gasteiger partial charge is 0.481 e. The van der Waals surface area contributed by atoms with Crippen molar-refractivity contribution in [1.82, 2.24) is 4.90 Å². The summed E-state index contributed by atoms with van der Waals surface area (Å²) in [7, 11) is 0. The molecule has 6 nitrogen and oxygen atoms in total. The molecule has 1 aliphatic heterocycles. The number of hydrogen-bond donors (Lipinski definition) is 2. The van der Waals surface area contributed by atoms with Crippen molar-refractivity contribution in [2.75, 3.05) is 18.4 Å². The van der Waals surface area contributed by atoms with Gasteiger partial charge in [0.15, 0.2) is 0 Å². The summed E-state index contributed by atoms with van der Waals surface area (Å²) in [4.78, 5) is 38.3. The molecule has 0 saturated carbocycles. The van der Waals surface area contributed by atoms with Crippen LogP contribution >= 0.6 is 0 Å². The maximum atomic E-state index is 13.0. The van der Waals surface area contributed by atoms with E-state index in [9.17, 15) is 19.5 Å². The summed E-state index contributed by atoms with van der Waals surface area (Å²) in [5.74, 6) is -0.662. The van der Waals surface area contributed by atoms with E-state index in [1.54, 1.807) is 24.3 Å². The number of amides is 2. The summed E-state index contributed by atoms with van der Waals surface area (Å²) < 4.78 is 0. The zero-order chi connectivity index (χ0) is 19.5. The molecule has 1 aliphatic rings. The first-order chi connectivity index (χ1) is 12.1. The van der Waals surface area contributed by atoms with Crippen LogP contribution in [0, 0.1) is 17.3 Å². The number of para-hydroxylation sites is 1. The van der Waals surface area contributed by atoms with Crippen molar-refractivity contribution in [3.8, 4) is 0 Å². The molecule has 0 spiro atoms. The molecule has 0 aliphatic carbocycles. The quantitative estimate of drug-likeness (QED) is 0.844. The first kappa shape index (κ1) is 19.9. The molecule has 1 heterocycles. The normalized spacial score (nSPS) is 20.5. The van der Waals surface area contributed by atoms with Crippen LogP contribution in [0.15, 0.2) is 24.3 Å². The molecule has 1 fully saturated rings. The minimum atomic E-state index is -1.17. The smallest absolute Gasteiger partial charge is 0.309 e. The van der Waals surface area contributed by atoms with Crippen LogP contribution in [0.3, 0.4) is 0 Å². The fourth-order valence-corrected chi connectivity index (χ4v) is 3.45. The van der Waals surface area contributed by atoms with Crippen molar-refractivity contribution < 1.29 is 19.5 Å². The van der Waals surface area contributed by atoms with Crippen molar-refractivity contribution in [3.63, 3.8) is 0 Å². The second-order valence-electron chi connectivity index (χ2n) is 8.12. The van der Waals surface area contributed by atoms with Crippen LogP contribution in [0.25, 0.3) is 0 Å². The summed E-state index contributed by atoms with van der Waals surface area (Å²) in [6, 6.07) is 6.89. The highest BCUT2D eigenvalue weighted by Crippen LogP contribution is 2.26. The Hall–Kier alpha value is -2.37. The van der Waals surface area contributed by atoms with Crippen LogP contribution in [0.5, 0.6) is 0 Å². The Morgan fingerprint density at radius 1 is 1.15 bits per heavy atom. The summed E-state index contributed by atoms with van der Waals surface area (Å²) in [5.41, 5.74) is -0.300. The molecule has 0 unspecified atom stereocenters. The van der Waals surface area contributed by atoms with Gasteiger partial charge < -0.3 is 15.3 Å². The molecule has 0 aromatic heterocycles. The lowest BCUT2D eigenvalue weighted by atomic mass is 9.89. The number of nitrogens with one attached hydrogen (secondary N) is 1. The van der Waals surface area contributed by atoms with E-state index in [2.05, 4.69) is 19.2 Å². The molecule has 2 rings (SSSR count). The summed E-state index contributed by atoms with van der Waals surface area (Å²) in [6.07, 6.45) is 0.940. The van der Waals surface area contributed by atoms with Gasteiger partial charge in [-0.15, -0.1) is 0 Å². The first-order valence-electron chi connectivity index (χ1n) is 9.01. The lowest BCUT2D eigenvalue weighted by Gasteiger charge is -2.35. The van der Waals surface area contributed by atoms with Crippen molar-refractivity contribution >= 4 is 23.5 Å². The number of carbonyl (C=O) groups excluding carboxylic acids is 2. The predicted molar refractivity (Wildman–Crippen MR) is 100.0 cm³/mol. The first-order valence-corrected chi connectivity index (χ1v) is 9.01. The van der Waals surface area contributed by atoms with Crippen LogP contribution in [0.4, 0.5) is 5.69 Å². The lowest BCUT2D eigenvalue weighted by Crippen LogP contribution is -2.42. The highest BCUT2D eigenvalue weighted by molar-refractivity contribution is 6.04. The fraction of sp³-hybridized carbons (Fsp3) is 0.550.